The fraction of sp³-hybridized carbons (Fsp3) is 0.0526. The first-order valence-electron chi connectivity index (χ1n) is 14.4. The van der Waals surface area contributed by atoms with Gasteiger partial charge in [0.05, 0.1) is 16.9 Å². The van der Waals surface area contributed by atoms with Gasteiger partial charge in [0, 0.05) is 17.1 Å². The molecule has 0 bridgehead atoms. The molecule has 5 heteroatoms. The van der Waals surface area contributed by atoms with Gasteiger partial charge in [-0.1, -0.05) is 84.9 Å². The van der Waals surface area contributed by atoms with Crippen LogP contribution >= 0.6 is 0 Å². The van der Waals surface area contributed by atoms with E-state index in [0.717, 1.165) is 78.8 Å². The van der Waals surface area contributed by atoms with Gasteiger partial charge in [0.25, 0.3) is 0 Å². The fourth-order valence-corrected chi connectivity index (χ4v) is 6.12. The highest BCUT2D eigenvalue weighted by Crippen LogP contribution is 2.56. The molecular weight excluding hydrogens is 528 g/mol. The molecule has 8 rings (SSSR count). The summed E-state index contributed by atoms with van der Waals surface area (Å²) in [5.74, 6) is 3.21. The van der Waals surface area contributed by atoms with Crippen LogP contribution < -0.4 is 9.64 Å². The molecule has 0 saturated carbocycles. The van der Waals surface area contributed by atoms with Gasteiger partial charge in [0.2, 0.25) is 0 Å². The number of para-hydroxylation sites is 1. The van der Waals surface area contributed by atoms with Crippen LogP contribution in [0.15, 0.2) is 134 Å². The number of aromatic nitrogens is 3. The second kappa shape index (κ2) is 10.00. The van der Waals surface area contributed by atoms with Crippen molar-refractivity contribution in [2.45, 2.75) is 13.8 Å². The third-order valence-corrected chi connectivity index (χ3v) is 7.99. The average molecular weight is 557 g/mol. The second-order valence-electron chi connectivity index (χ2n) is 10.9. The summed E-state index contributed by atoms with van der Waals surface area (Å²) in [4.78, 5) is 6.92. The zero-order chi connectivity index (χ0) is 28.9. The standard InChI is InChI=1S/C38H28N4O/c1-25-21-26(2)36-34(22-25)43-37-31(28-15-7-4-8-16-28)23-29(27-13-5-3-6-14-27)24-33(37)41(36)38-30-17-9-10-18-32(30)42(40-38)35-19-11-12-20-39-35/h3-24H,1-2H3. The van der Waals surface area contributed by atoms with E-state index in [-0.39, 0.29) is 0 Å². The van der Waals surface area contributed by atoms with Crippen LogP contribution in [0.1, 0.15) is 11.1 Å². The highest BCUT2D eigenvalue weighted by Gasteiger charge is 2.33. The van der Waals surface area contributed by atoms with Crippen molar-refractivity contribution in [3.05, 3.63) is 145 Å². The predicted octanol–water partition coefficient (Wildman–Crippen LogP) is 9.95. The smallest absolute Gasteiger partial charge is 0.168 e. The minimum absolute atomic E-state index is 0.766. The van der Waals surface area contributed by atoms with E-state index in [1.165, 1.54) is 0 Å². The molecular formula is C38H28N4O. The largest absolute Gasteiger partial charge is 0.452 e. The molecule has 0 aliphatic carbocycles. The molecule has 0 N–H and O–H groups in total. The van der Waals surface area contributed by atoms with Crippen LogP contribution in [0.5, 0.6) is 11.5 Å². The van der Waals surface area contributed by atoms with E-state index in [0.29, 0.717) is 0 Å². The summed E-state index contributed by atoms with van der Waals surface area (Å²) in [6.45, 7) is 4.25. The molecule has 7 aromatic rings. The molecule has 43 heavy (non-hydrogen) atoms. The van der Waals surface area contributed by atoms with Gasteiger partial charge in [-0.2, -0.15) is 0 Å². The Bertz CT molecular complexity index is 2120. The lowest BCUT2D eigenvalue weighted by molar-refractivity contribution is 0.477. The number of nitrogens with zero attached hydrogens (tertiary/aromatic N) is 4. The Morgan fingerprint density at radius 3 is 2.14 bits per heavy atom. The van der Waals surface area contributed by atoms with Gasteiger partial charge >= 0.3 is 0 Å². The molecule has 5 nitrogen and oxygen atoms in total. The molecule has 0 saturated heterocycles. The Balaban J connectivity index is 1.48. The van der Waals surface area contributed by atoms with Gasteiger partial charge in [-0.15, -0.1) is 5.10 Å². The Kier molecular flexibility index (Phi) is 5.83. The first kappa shape index (κ1) is 25.1. The Hall–Kier alpha value is -5.68. The summed E-state index contributed by atoms with van der Waals surface area (Å²) in [6.07, 6.45) is 1.80. The quantitative estimate of drug-likeness (QED) is 0.216. The van der Waals surface area contributed by atoms with Crippen molar-refractivity contribution in [3.8, 4) is 39.6 Å². The summed E-state index contributed by atoms with van der Waals surface area (Å²) in [5.41, 5.74) is 9.53. The first-order chi connectivity index (χ1) is 21.2. The number of hydrogen-bond acceptors (Lipinski definition) is 4. The summed E-state index contributed by atoms with van der Waals surface area (Å²) in [7, 11) is 0. The SMILES string of the molecule is Cc1cc(C)c2c(c1)Oc1c(-c3ccccc3)cc(-c3ccccc3)cc1N2c1nn(-c2ccccn2)c2ccccc12. The van der Waals surface area contributed by atoms with Crippen LogP contribution in [-0.2, 0) is 0 Å². The summed E-state index contributed by atoms with van der Waals surface area (Å²) >= 11 is 0. The van der Waals surface area contributed by atoms with Gasteiger partial charge < -0.3 is 4.74 Å². The highest BCUT2D eigenvalue weighted by atomic mass is 16.5. The van der Waals surface area contributed by atoms with Crippen molar-refractivity contribution in [1.29, 1.82) is 0 Å². The van der Waals surface area contributed by atoms with E-state index in [1.54, 1.807) is 6.20 Å². The number of aryl methyl sites for hydroxylation is 2. The van der Waals surface area contributed by atoms with Crippen molar-refractivity contribution in [2.24, 2.45) is 0 Å². The van der Waals surface area contributed by atoms with E-state index in [4.69, 9.17) is 9.84 Å². The number of ether oxygens (including phenoxy) is 1. The normalized spacial score (nSPS) is 12.1. The number of fused-ring (bicyclic) bond motifs is 3. The van der Waals surface area contributed by atoms with E-state index in [9.17, 15) is 0 Å². The topological polar surface area (TPSA) is 43.2 Å². The van der Waals surface area contributed by atoms with Crippen LogP contribution in [0, 0.1) is 13.8 Å². The third-order valence-electron chi connectivity index (χ3n) is 7.99. The first-order valence-corrected chi connectivity index (χ1v) is 14.4. The Labute approximate surface area is 250 Å². The van der Waals surface area contributed by atoms with Crippen molar-refractivity contribution >= 4 is 28.1 Å². The number of hydrogen-bond donors (Lipinski definition) is 0. The molecule has 0 fully saturated rings. The van der Waals surface area contributed by atoms with Gasteiger partial charge in [0.15, 0.2) is 23.1 Å². The molecule has 0 spiro atoms. The number of benzene rings is 5. The number of rotatable bonds is 4. The average Bonchev–Trinajstić information content (AvgIpc) is 3.44. The minimum atomic E-state index is 0.766. The monoisotopic (exact) mass is 556 g/mol. The van der Waals surface area contributed by atoms with E-state index >= 15 is 0 Å². The van der Waals surface area contributed by atoms with Crippen molar-refractivity contribution in [2.75, 3.05) is 4.90 Å². The minimum Gasteiger partial charge on any atom is -0.452 e. The molecule has 0 unspecified atom stereocenters. The summed E-state index contributed by atoms with van der Waals surface area (Å²) < 4.78 is 8.81. The van der Waals surface area contributed by atoms with E-state index in [1.807, 2.05) is 41.1 Å². The molecule has 1 aliphatic heterocycles. The Morgan fingerprint density at radius 2 is 1.37 bits per heavy atom. The van der Waals surface area contributed by atoms with Crippen LogP contribution in [0.3, 0.4) is 0 Å². The maximum atomic E-state index is 6.88. The zero-order valence-electron chi connectivity index (χ0n) is 23.9. The number of pyridine rings is 1. The van der Waals surface area contributed by atoms with Gasteiger partial charge in [0.1, 0.15) is 0 Å². The second-order valence-corrected chi connectivity index (χ2v) is 10.9. The van der Waals surface area contributed by atoms with Gasteiger partial charge in [-0.25, -0.2) is 9.67 Å². The van der Waals surface area contributed by atoms with E-state index in [2.05, 4.69) is 115 Å². The fourth-order valence-electron chi connectivity index (χ4n) is 6.12. The van der Waals surface area contributed by atoms with E-state index < -0.39 is 0 Å². The van der Waals surface area contributed by atoms with Crippen molar-refractivity contribution in [1.82, 2.24) is 14.8 Å². The lowest BCUT2D eigenvalue weighted by atomic mass is 9.94. The lowest BCUT2D eigenvalue weighted by Gasteiger charge is -2.34. The predicted molar refractivity (Wildman–Crippen MR) is 174 cm³/mol. The maximum Gasteiger partial charge on any atom is 0.168 e. The van der Waals surface area contributed by atoms with Crippen LogP contribution in [-0.4, -0.2) is 14.8 Å². The summed E-state index contributed by atoms with van der Waals surface area (Å²) in [6, 6.07) is 44.0. The lowest BCUT2D eigenvalue weighted by Crippen LogP contribution is -2.19. The van der Waals surface area contributed by atoms with Crippen LogP contribution in [0.25, 0.3) is 39.0 Å². The van der Waals surface area contributed by atoms with Gasteiger partial charge in [-0.05, 0) is 84.1 Å². The van der Waals surface area contributed by atoms with Crippen LogP contribution in [0.4, 0.5) is 17.2 Å². The Morgan fingerprint density at radius 1 is 0.651 bits per heavy atom. The number of anilines is 3. The molecule has 0 amide bonds. The van der Waals surface area contributed by atoms with Gasteiger partial charge in [-0.3, -0.25) is 4.90 Å². The molecule has 1 aliphatic rings. The van der Waals surface area contributed by atoms with Crippen molar-refractivity contribution < 1.29 is 4.74 Å². The maximum absolute atomic E-state index is 6.88. The zero-order valence-corrected chi connectivity index (χ0v) is 23.9. The van der Waals surface area contributed by atoms with Crippen LogP contribution in [0.2, 0.25) is 0 Å². The summed E-state index contributed by atoms with van der Waals surface area (Å²) in [5, 5.41) is 6.30. The highest BCUT2D eigenvalue weighted by molar-refractivity contribution is 6.02. The van der Waals surface area contributed by atoms with Crippen molar-refractivity contribution in [3.63, 3.8) is 0 Å². The molecule has 2 aromatic heterocycles. The molecule has 206 valence electrons. The molecule has 0 atom stereocenters. The molecule has 0 radical (unpaired) electrons. The molecule has 5 aromatic carbocycles. The third kappa shape index (κ3) is 4.17. The molecule has 3 heterocycles.